The van der Waals surface area contributed by atoms with Gasteiger partial charge in [0.05, 0.1) is 0 Å². The summed E-state index contributed by atoms with van der Waals surface area (Å²) in [6, 6.07) is 11.5. The van der Waals surface area contributed by atoms with Crippen molar-refractivity contribution in [3.8, 4) is 0 Å². The number of thioether (sulfide) groups is 1. The minimum atomic E-state index is 0.485. The number of hydrogen-bond donors (Lipinski definition) is 1. The molecule has 0 amide bonds. The molecule has 2 heteroatoms. The molecule has 0 heterocycles. The van der Waals surface area contributed by atoms with Crippen molar-refractivity contribution in [3.05, 3.63) is 35.9 Å². The normalized spacial score (nSPS) is 19.7. The third-order valence-electron chi connectivity index (χ3n) is 4.65. The summed E-state index contributed by atoms with van der Waals surface area (Å²) in [5.41, 5.74) is 1.45. The molecule has 1 aliphatic carbocycles. The summed E-state index contributed by atoms with van der Waals surface area (Å²) in [5.74, 6) is 0. The fourth-order valence-corrected chi connectivity index (χ4v) is 4.24. The largest absolute Gasteiger partial charge is 0.309 e. The van der Waals surface area contributed by atoms with E-state index >= 15 is 0 Å². The molecule has 1 N–H and O–H groups in total. The molecule has 1 saturated carbocycles. The van der Waals surface area contributed by atoms with Crippen LogP contribution in [0.1, 0.15) is 63.5 Å². The van der Waals surface area contributed by atoms with Gasteiger partial charge in [-0.1, -0.05) is 62.9 Å². The van der Waals surface area contributed by atoms with Gasteiger partial charge in [0.15, 0.2) is 0 Å². The van der Waals surface area contributed by atoms with E-state index in [1.165, 1.54) is 50.5 Å². The first-order valence-electron chi connectivity index (χ1n) is 8.13. The Hall–Kier alpha value is -0.470. The molecule has 1 atom stereocenters. The van der Waals surface area contributed by atoms with E-state index in [1.807, 2.05) is 0 Å². The summed E-state index contributed by atoms with van der Waals surface area (Å²) in [7, 11) is 0. The second-order valence-corrected chi connectivity index (χ2v) is 7.35. The molecule has 2 rings (SSSR count). The molecule has 1 fully saturated rings. The van der Waals surface area contributed by atoms with Crippen LogP contribution in [0.15, 0.2) is 30.3 Å². The Kier molecular flexibility index (Phi) is 6.44. The molecule has 1 unspecified atom stereocenters. The van der Waals surface area contributed by atoms with Gasteiger partial charge in [-0.15, -0.1) is 0 Å². The molecule has 0 aliphatic heterocycles. The van der Waals surface area contributed by atoms with Crippen molar-refractivity contribution in [2.75, 3.05) is 12.8 Å². The summed E-state index contributed by atoms with van der Waals surface area (Å²) >= 11 is 2.09. The predicted molar refractivity (Wildman–Crippen MR) is 91.4 cm³/mol. The second kappa shape index (κ2) is 8.09. The summed E-state index contributed by atoms with van der Waals surface area (Å²) < 4.78 is 0.485. The Labute approximate surface area is 128 Å². The van der Waals surface area contributed by atoms with Crippen LogP contribution in [0.3, 0.4) is 0 Å². The molecule has 0 spiro atoms. The molecule has 112 valence electrons. The summed E-state index contributed by atoms with van der Waals surface area (Å²) in [6.45, 7) is 3.44. The van der Waals surface area contributed by atoms with Gasteiger partial charge in [0, 0.05) is 17.3 Å². The Morgan fingerprint density at radius 1 is 1.15 bits per heavy atom. The smallest absolute Gasteiger partial charge is 0.0320 e. The standard InChI is InChI=1S/C18H29NS/c1-3-10-17(16-11-6-4-7-12-16)19-15-18(20-2)13-8-5-9-14-18/h4,6-7,11-12,17,19H,3,5,8-10,13-15H2,1-2H3. The van der Waals surface area contributed by atoms with Crippen LogP contribution < -0.4 is 5.32 Å². The van der Waals surface area contributed by atoms with E-state index < -0.39 is 0 Å². The van der Waals surface area contributed by atoms with E-state index in [4.69, 9.17) is 0 Å². The first-order chi connectivity index (χ1) is 9.79. The fourth-order valence-electron chi connectivity index (χ4n) is 3.32. The number of nitrogens with one attached hydrogen (secondary N) is 1. The topological polar surface area (TPSA) is 12.0 Å². The van der Waals surface area contributed by atoms with Crippen LogP contribution in [-0.2, 0) is 0 Å². The maximum atomic E-state index is 3.88. The average molecular weight is 292 g/mol. The van der Waals surface area contributed by atoms with Crippen molar-refractivity contribution in [1.29, 1.82) is 0 Å². The SMILES string of the molecule is CCCC(NCC1(SC)CCCCC1)c1ccccc1. The zero-order valence-electron chi connectivity index (χ0n) is 13.0. The van der Waals surface area contributed by atoms with Gasteiger partial charge in [-0.25, -0.2) is 0 Å². The lowest BCUT2D eigenvalue weighted by Crippen LogP contribution is -2.40. The highest BCUT2D eigenvalue weighted by Crippen LogP contribution is 2.38. The van der Waals surface area contributed by atoms with Crippen LogP contribution in [0.5, 0.6) is 0 Å². The summed E-state index contributed by atoms with van der Waals surface area (Å²) in [4.78, 5) is 0. The van der Waals surface area contributed by atoms with Crippen molar-refractivity contribution in [2.24, 2.45) is 0 Å². The van der Waals surface area contributed by atoms with Crippen LogP contribution in [-0.4, -0.2) is 17.5 Å². The van der Waals surface area contributed by atoms with Crippen molar-refractivity contribution in [2.45, 2.75) is 62.7 Å². The highest BCUT2D eigenvalue weighted by Gasteiger charge is 2.31. The molecular weight excluding hydrogens is 262 g/mol. The van der Waals surface area contributed by atoms with Crippen molar-refractivity contribution in [1.82, 2.24) is 5.32 Å². The lowest BCUT2D eigenvalue weighted by atomic mass is 9.87. The molecule has 1 aromatic carbocycles. The second-order valence-electron chi connectivity index (χ2n) is 6.08. The van der Waals surface area contributed by atoms with Gasteiger partial charge in [0.25, 0.3) is 0 Å². The van der Waals surface area contributed by atoms with E-state index in [2.05, 4.69) is 60.6 Å². The van der Waals surface area contributed by atoms with Crippen molar-refractivity contribution in [3.63, 3.8) is 0 Å². The Morgan fingerprint density at radius 3 is 2.45 bits per heavy atom. The van der Waals surface area contributed by atoms with E-state index in [1.54, 1.807) is 0 Å². The highest BCUT2D eigenvalue weighted by molar-refractivity contribution is 8.00. The summed E-state index contributed by atoms with van der Waals surface area (Å²) in [5, 5.41) is 3.88. The third-order valence-corrected chi connectivity index (χ3v) is 6.07. The Morgan fingerprint density at radius 2 is 1.85 bits per heavy atom. The lowest BCUT2D eigenvalue weighted by Gasteiger charge is -2.37. The van der Waals surface area contributed by atoms with Crippen LogP contribution in [0.2, 0.25) is 0 Å². The molecule has 0 saturated heterocycles. The molecule has 20 heavy (non-hydrogen) atoms. The molecule has 0 aromatic heterocycles. The highest BCUT2D eigenvalue weighted by atomic mass is 32.2. The van der Waals surface area contributed by atoms with Crippen LogP contribution >= 0.6 is 11.8 Å². The van der Waals surface area contributed by atoms with Gasteiger partial charge in [-0.2, -0.15) is 11.8 Å². The first kappa shape index (κ1) is 15.9. The van der Waals surface area contributed by atoms with Crippen LogP contribution in [0.4, 0.5) is 0 Å². The van der Waals surface area contributed by atoms with Gasteiger partial charge in [0.2, 0.25) is 0 Å². The van der Waals surface area contributed by atoms with Crippen LogP contribution in [0.25, 0.3) is 0 Å². The van der Waals surface area contributed by atoms with E-state index in [9.17, 15) is 0 Å². The van der Waals surface area contributed by atoms with E-state index in [0.717, 1.165) is 6.54 Å². The quantitative estimate of drug-likeness (QED) is 0.742. The molecule has 0 bridgehead atoms. The Balaban J connectivity index is 1.97. The van der Waals surface area contributed by atoms with Gasteiger partial charge in [-0.3, -0.25) is 0 Å². The van der Waals surface area contributed by atoms with Gasteiger partial charge in [-0.05, 0) is 31.1 Å². The zero-order chi connectivity index (χ0) is 14.3. The average Bonchev–Trinajstić information content (AvgIpc) is 2.53. The molecular formula is C18H29NS. The van der Waals surface area contributed by atoms with Crippen molar-refractivity contribution >= 4 is 11.8 Å². The predicted octanol–water partition coefficient (Wildman–Crippen LogP) is 5.18. The van der Waals surface area contributed by atoms with E-state index in [-0.39, 0.29) is 0 Å². The third kappa shape index (κ3) is 4.26. The number of rotatable bonds is 7. The monoisotopic (exact) mass is 291 g/mol. The zero-order valence-corrected chi connectivity index (χ0v) is 13.8. The maximum Gasteiger partial charge on any atom is 0.0320 e. The molecule has 0 radical (unpaired) electrons. The fraction of sp³-hybridized carbons (Fsp3) is 0.667. The number of hydrogen-bond acceptors (Lipinski definition) is 2. The minimum Gasteiger partial charge on any atom is -0.309 e. The van der Waals surface area contributed by atoms with Gasteiger partial charge in [0.1, 0.15) is 0 Å². The Bertz CT molecular complexity index is 370. The van der Waals surface area contributed by atoms with Crippen molar-refractivity contribution < 1.29 is 0 Å². The van der Waals surface area contributed by atoms with E-state index in [0.29, 0.717) is 10.8 Å². The molecule has 1 aliphatic rings. The van der Waals surface area contributed by atoms with Gasteiger partial charge < -0.3 is 5.32 Å². The summed E-state index contributed by atoms with van der Waals surface area (Å²) in [6.07, 6.45) is 11.8. The molecule has 1 nitrogen and oxygen atoms in total. The first-order valence-corrected chi connectivity index (χ1v) is 9.35. The lowest BCUT2D eigenvalue weighted by molar-refractivity contribution is 0.356. The maximum absolute atomic E-state index is 3.88. The van der Waals surface area contributed by atoms with Crippen LogP contribution in [0, 0.1) is 0 Å². The minimum absolute atomic E-state index is 0.485. The molecule has 1 aromatic rings. The van der Waals surface area contributed by atoms with Gasteiger partial charge >= 0.3 is 0 Å². The number of benzene rings is 1.